The molecule has 0 saturated carbocycles. The zero-order chi connectivity index (χ0) is 21.2. The van der Waals surface area contributed by atoms with Crippen LogP contribution in [-0.4, -0.2) is 42.8 Å². The third kappa shape index (κ3) is 7.25. The number of amides is 2. The van der Waals surface area contributed by atoms with E-state index < -0.39 is 5.91 Å². The molecule has 154 valence electrons. The van der Waals surface area contributed by atoms with Crippen LogP contribution in [0.3, 0.4) is 0 Å². The summed E-state index contributed by atoms with van der Waals surface area (Å²) in [6, 6.07) is 13.4. The molecule has 0 atom stereocenters. The second-order valence-corrected chi connectivity index (χ2v) is 6.50. The lowest BCUT2D eigenvalue weighted by Gasteiger charge is -2.22. The van der Waals surface area contributed by atoms with Gasteiger partial charge in [0.2, 0.25) is 5.91 Å². The SMILES string of the molecule is CCNC(=NCc1ccc(C(=O)NCC(N)=O)cc1)N(C)Cc1cccc(F)c1. The summed E-state index contributed by atoms with van der Waals surface area (Å²) in [4.78, 5) is 29.2. The molecule has 0 unspecified atom stereocenters. The number of rotatable bonds is 8. The van der Waals surface area contributed by atoms with Crippen molar-refractivity contribution >= 4 is 17.8 Å². The molecule has 0 heterocycles. The minimum Gasteiger partial charge on any atom is -0.368 e. The summed E-state index contributed by atoms with van der Waals surface area (Å²) in [6.45, 7) is 3.41. The molecular weight excluding hydrogens is 373 g/mol. The predicted molar refractivity (Wildman–Crippen MR) is 111 cm³/mol. The Labute approximate surface area is 169 Å². The minimum absolute atomic E-state index is 0.200. The topological polar surface area (TPSA) is 99.8 Å². The molecule has 0 aliphatic carbocycles. The Kier molecular flexibility index (Phi) is 8.14. The van der Waals surface area contributed by atoms with Gasteiger partial charge in [-0.15, -0.1) is 0 Å². The van der Waals surface area contributed by atoms with Crippen LogP contribution in [0.25, 0.3) is 0 Å². The number of nitrogens with two attached hydrogens (primary N) is 1. The number of nitrogens with one attached hydrogen (secondary N) is 2. The standard InChI is InChI=1S/C21H26FN5O2/c1-3-24-21(27(2)14-16-5-4-6-18(22)11-16)26-12-15-7-9-17(10-8-15)20(29)25-13-19(23)28/h4-11H,3,12-14H2,1-2H3,(H2,23,28)(H,24,26)(H,25,29). The van der Waals surface area contributed by atoms with Gasteiger partial charge in [0, 0.05) is 25.7 Å². The van der Waals surface area contributed by atoms with Gasteiger partial charge in [0.25, 0.3) is 5.91 Å². The van der Waals surface area contributed by atoms with Gasteiger partial charge in [-0.3, -0.25) is 9.59 Å². The van der Waals surface area contributed by atoms with E-state index >= 15 is 0 Å². The fourth-order valence-corrected chi connectivity index (χ4v) is 2.65. The fraction of sp³-hybridized carbons (Fsp3) is 0.286. The summed E-state index contributed by atoms with van der Waals surface area (Å²) in [5.74, 6) is -0.525. The second kappa shape index (κ2) is 10.8. The number of primary amides is 1. The first-order chi connectivity index (χ1) is 13.9. The first-order valence-electron chi connectivity index (χ1n) is 9.28. The molecule has 29 heavy (non-hydrogen) atoms. The van der Waals surface area contributed by atoms with E-state index in [1.165, 1.54) is 12.1 Å². The van der Waals surface area contributed by atoms with Crippen molar-refractivity contribution < 1.29 is 14.0 Å². The maximum Gasteiger partial charge on any atom is 0.251 e. The Morgan fingerprint density at radius 3 is 2.45 bits per heavy atom. The highest BCUT2D eigenvalue weighted by atomic mass is 19.1. The average Bonchev–Trinajstić information content (AvgIpc) is 2.69. The molecule has 2 rings (SSSR count). The van der Waals surface area contributed by atoms with Crippen LogP contribution in [0, 0.1) is 5.82 Å². The van der Waals surface area contributed by atoms with Gasteiger partial charge in [0.05, 0.1) is 13.1 Å². The van der Waals surface area contributed by atoms with Crippen LogP contribution >= 0.6 is 0 Å². The molecule has 0 fully saturated rings. The molecule has 4 N–H and O–H groups in total. The molecule has 0 spiro atoms. The zero-order valence-electron chi connectivity index (χ0n) is 16.6. The van der Waals surface area contributed by atoms with Crippen molar-refractivity contribution in [3.63, 3.8) is 0 Å². The number of carbonyl (C=O) groups is 2. The van der Waals surface area contributed by atoms with Crippen LogP contribution in [0.1, 0.15) is 28.4 Å². The molecule has 0 radical (unpaired) electrons. The van der Waals surface area contributed by atoms with E-state index in [9.17, 15) is 14.0 Å². The average molecular weight is 399 g/mol. The van der Waals surface area contributed by atoms with Crippen LogP contribution in [-0.2, 0) is 17.9 Å². The first kappa shape index (κ1) is 21.9. The van der Waals surface area contributed by atoms with E-state index in [1.807, 2.05) is 24.9 Å². The van der Waals surface area contributed by atoms with Gasteiger partial charge in [0.15, 0.2) is 5.96 Å². The fourth-order valence-electron chi connectivity index (χ4n) is 2.65. The number of hydrogen-bond acceptors (Lipinski definition) is 3. The van der Waals surface area contributed by atoms with Crippen LogP contribution in [0.2, 0.25) is 0 Å². The van der Waals surface area contributed by atoms with E-state index in [0.717, 1.165) is 11.1 Å². The number of nitrogens with zero attached hydrogens (tertiary/aromatic N) is 2. The summed E-state index contributed by atoms with van der Waals surface area (Å²) >= 11 is 0. The van der Waals surface area contributed by atoms with Gasteiger partial charge < -0.3 is 21.3 Å². The van der Waals surface area contributed by atoms with Crippen LogP contribution in [0.15, 0.2) is 53.5 Å². The Bertz CT molecular complexity index is 868. The largest absolute Gasteiger partial charge is 0.368 e. The zero-order valence-corrected chi connectivity index (χ0v) is 16.6. The summed E-state index contributed by atoms with van der Waals surface area (Å²) in [5.41, 5.74) is 7.23. The number of carbonyl (C=O) groups excluding carboxylic acids is 2. The van der Waals surface area contributed by atoms with Gasteiger partial charge >= 0.3 is 0 Å². The summed E-state index contributed by atoms with van der Waals surface area (Å²) in [6.07, 6.45) is 0. The Morgan fingerprint density at radius 2 is 1.83 bits per heavy atom. The number of benzene rings is 2. The molecule has 7 nitrogen and oxygen atoms in total. The number of hydrogen-bond donors (Lipinski definition) is 3. The van der Waals surface area contributed by atoms with E-state index in [0.29, 0.717) is 31.2 Å². The van der Waals surface area contributed by atoms with Crippen molar-refractivity contribution in [1.29, 1.82) is 0 Å². The summed E-state index contributed by atoms with van der Waals surface area (Å²) < 4.78 is 13.4. The molecule has 0 bridgehead atoms. The van der Waals surface area contributed by atoms with Gasteiger partial charge in [-0.05, 0) is 42.3 Å². The van der Waals surface area contributed by atoms with E-state index in [1.54, 1.807) is 30.3 Å². The molecule has 8 heteroatoms. The molecule has 2 amide bonds. The third-order valence-corrected chi connectivity index (χ3v) is 4.06. The Morgan fingerprint density at radius 1 is 1.10 bits per heavy atom. The summed E-state index contributed by atoms with van der Waals surface area (Å²) in [5, 5.41) is 5.66. The highest BCUT2D eigenvalue weighted by Crippen LogP contribution is 2.09. The molecule has 0 saturated heterocycles. The molecule has 2 aromatic carbocycles. The number of aliphatic imine (C=N–C) groups is 1. The van der Waals surface area contributed by atoms with Crippen molar-refractivity contribution in [3.05, 3.63) is 71.0 Å². The quantitative estimate of drug-likeness (QED) is 0.464. The van der Waals surface area contributed by atoms with Crippen molar-refractivity contribution in [1.82, 2.24) is 15.5 Å². The van der Waals surface area contributed by atoms with E-state index in [-0.39, 0.29) is 18.3 Å². The second-order valence-electron chi connectivity index (χ2n) is 6.50. The lowest BCUT2D eigenvalue weighted by molar-refractivity contribution is -0.117. The van der Waals surface area contributed by atoms with E-state index in [2.05, 4.69) is 15.6 Å². The smallest absolute Gasteiger partial charge is 0.251 e. The number of halogens is 1. The van der Waals surface area contributed by atoms with Crippen LogP contribution in [0.4, 0.5) is 4.39 Å². The highest BCUT2D eigenvalue weighted by molar-refractivity contribution is 5.96. The third-order valence-electron chi connectivity index (χ3n) is 4.06. The van der Waals surface area contributed by atoms with Crippen LogP contribution < -0.4 is 16.4 Å². The highest BCUT2D eigenvalue weighted by Gasteiger charge is 2.08. The molecule has 0 aliphatic rings. The van der Waals surface area contributed by atoms with Crippen molar-refractivity contribution in [3.8, 4) is 0 Å². The van der Waals surface area contributed by atoms with Crippen molar-refractivity contribution in [2.45, 2.75) is 20.0 Å². The predicted octanol–water partition coefficient (Wildman–Crippen LogP) is 1.64. The minimum atomic E-state index is -0.595. The molecule has 2 aromatic rings. The summed E-state index contributed by atoms with van der Waals surface area (Å²) in [7, 11) is 1.89. The van der Waals surface area contributed by atoms with Gasteiger partial charge in [-0.1, -0.05) is 24.3 Å². The lowest BCUT2D eigenvalue weighted by atomic mass is 10.1. The molecule has 0 aliphatic heterocycles. The first-order valence-corrected chi connectivity index (χ1v) is 9.28. The van der Waals surface area contributed by atoms with Crippen molar-refractivity contribution in [2.75, 3.05) is 20.1 Å². The van der Waals surface area contributed by atoms with Gasteiger partial charge in [-0.25, -0.2) is 9.38 Å². The van der Waals surface area contributed by atoms with Crippen molar-refractivity contribution in [2.24, 2.45) is 10.7 Å². The molecule has 0 aromatic heterocycles. The van der Waals surface area contributed by atoms with E-state index in [4.69, 9.17) is 5.73 Å². The number of guanidine groups is 1. The van der Waals surface area contributed by atoms with Gasteiger partial charge in [-0.2, -0.15) is 0 Å². The maximum atomic E-state index is 13.4. The lowest BCUT2D eigenvalue weighted by Crippen LogP contribution is -2.38. The maximum absolute atomic E-state index is 13.4. The van der Waals surface area contributed by atoms with Gasteiger partial charge in [0.1, 0.15) is 5.82 Å². The monoisotopic (exact) mass is 399 g/mol. The normalized spacial score (nSPS) is 11.1. The Hall–Kier alpha value is -3.42. The van der Waals surface area contributed by atoms with Crippen LogP contribution in [0.5, 0.6) is 0 Å². The molecular formula is C21H26FN5O2. The Balaban J connectivity index is 2.01.